The number of nitrogens with two attached hydrogens (primary N) is 1. The van der Waals surface area contributed by atoms with Crippen molar-refractivity contribution >= 4 is 5.91 Å². The zero-order valence-electron chi connectivity index (χ0n) is 16.1. The predicted molar refractivity (Wildman–Crippen MR) is 102 cm³/mol. The summed E-state index contributed by atoms with van der Waals surface area (Å²) in [7, 11) is 0. The van der Waals surface area contributed by atoms with Crippen LogP contribution in [0.2, 0.25) is 0 Å². The van der Waals surface area contributed by atoms with Gasteiger partial charge in [0.2, 0.25) is 0 Å². The number of hydrogen-bond donors (Lipinski definition) is 3. The van der Waals surface area contributed by atoms with Crippen LogP contribution in [-0.2, 0) is 11.8 Å². The van der Waals surface area contributed by atoms with E-state index in [0.29, 0.717) is 24.2 Å². The maximum absolute atomic E-state index is 12.2. The number of rotatable bonds is 3. The first-order valence-corrected chi connectivity index (χ1v) is 10.7. The van der Waals surface area contributed by atoms with Gasteiger partial charge in [-0.15, -0.1) is 0 Å². The van der Waals surface area contributed by atoms with E-state index in [0.717, 1.165) is 43.0 Å². The minimum atomic E-state index is -0.937. The first-order valence-electron chi connectivity index (χ1n) is 10.7. The molecule has 2 aliphatic heterocycles. The van der Waals surface area contributed by atoms with E-state index >= 15 is 0 Å². The van der Waals surface area contributed by atoms with Crippen LogP contribution in [0.25, 0.3) is 0 Å². The number of benzene rings is 1. The Bertz CT molecular complexity index is 868. The van der Waals surface area contributed by atoms with E-state index in [1.54, 1.807) is 6.07 Å². The third-order valence-electron chi connectivity index (χ3n) is 8.55. The second kappa shape index (κ2) is 5.49. The minimum Gasteiger partial charge on any atom is -0.486 e. The summed E-state index contributed by atoms with van der Waals surface area (Å²) in [4.78, 5) is 14.5. The Morgan fingerprint density at radius 1 is 1.29 bits per heavy atom. The highest BCUT2D eigenvalue weighted by Crippen LogP contribution is 2.64. The van der Waals surface area contributed by atoms with Crippen molar-refractivity contribution in [2.24, 2.45) is 11.7 Å². The van der Waals surface area contributed by atoms with Gasteiger partial charge < -0.3 is 20.7 Å². The van der Waals surface area contributed by atoms with Crippen LogP contribution in [-0.4, -0.2) is 58.0 Å². The smallest absolute Gasteiger partial charge is 0.252 e. The zero-order chi connectivity index (χ0) is 19.3. The molecule has 28 heavy (non-hydrogen) atoms. The third kappa shape index (κ3) is 1.87. The van der Waals surface area contributed by atoms with Crippen LogP contribution in [0.1, 0.15) is 60.0 Å². The van der Waals surface area contributed by atoms with Gasteiger partial charge in [-0.25, -0.2) is 0 Å². The lowest BCUT2D eigenvalue weighted by Crippen LogP contribution is -2.77. The fourth-order valence-corrected chi connectivity index (χ4v) is 7.04. The fraction of sp³-hybridized carbons (Fsp3) is 0.682. The summed E-state index contributed by atoms with van der Waals surface area (Å²) in [6.45, 7) is 1.95. The number of carbonyl (C=O) groups is 1. The molecule has 0 aromatic heterocycles. The molecule has 1 spiro atoms. The summed E-state index contributed by atoms with van der Waals surface area (Å²) in [5, 5.41) is 23.0. The van der Waals surface area contributed by atoms with Crippen molar-refractivity contribution < 1.29 is 19.7 Å². The number of likely N-dealkylation sites (tertiary alicyclic amines) is 1. The van der Waals surface area contributed by atoms with Crippen LogP contribution in [0.3, 0.4) is 0 Å². The van der Waals surface area contributed by atoms with Gasteiger partial charge in [-0.05, 0) is 62.6 Å². The van der Waals surface area contributed by atoms with Gasteiger partial charge in [-0.2, -0.15) is 0 Å². The van der Waals surface area contributed by atoms with E-state index in [1.807, 2.05) is 6.07 Å². The Balaban J connectivity index is 1.53. The molecule has 5 atom stereocenters. The predicted octanol–water partition coefficient (Wildman–Crippen LogP) is 1.10. The third-order valence-corrected chi connectivity index (χ3v) is 8.55. The van der Waals surface area contributed by atoms with Gasteiger partial charge in [0.1, 0.15) is 11.9 Å². The molecule has 6 rings (SSSR count). The van der Waals surface area contributed by atoms with E-state index in [2.05, 4.69) is 4.90 Å². The molecule has 1 aromatic rings. The maximum Gasteiger partial charge on any atom is 0.252 e. The lowest BCUT2D eigenvalue weighted by atomic mass is 9.48. The molecule has 5 unspecified atom stereocenters. The molecule has 6 nitrogen and oxygen atoms in total. The number of primary amides is 1. The van der Waals surface area contributed by atoms with E-state index in [4.69, 9.17) is 10.5 Å². The first-order chi connectivity index (χ1) is 13.5. The first kappa shape index (κ1) is 17.2. The lowest BCUT2D eigenvalue weighted by Gasteiger charge is -2.64. The summed E-state index contributed by atoms with van der Waals surface area (Å²) in [5.41, 5.74) is 6.51. The SMILES string of the molecule is NC(=O)c1ccc2c3c1OC1C(O)CCC4(O)C(C2)N(CC2CCC2)CCC314. The van der Waals surface area contributed by atoms with Crippen molar-refractivity contribution in [2.45, 2.75) is 74.2 Å². The molecule has 2 bridgehead atoms. The van der Waals surface area contributed by atoms with Crippen LogP contribution in [0.4, 0.5) is 0 Å². The van der Waals surface area contributed by atoms with E-state index < -0.39 is 29.1 Å². The number of carbonyl (C=O) groups excluding carboxylic acids is 1. The average Bonchev–Trinajstić information content (AvgIpc) is 2.97. The molecule has 6 heteroatoms. The number of hydrogen-bond acceptors (Lipinski definition) is 5. The number of aliphatic hydroxyl groups excluding tert-OH is 1. The highest BCUT2D eigenvalue weighted by molar-refractivity contribution is 5.97. The van der Waals surface area contributed by atoms with Crippen molar-refractivity contribution in [1.82, 2.24) is 4.90 Å². The number of nitrogens with zero attached hydrogens (tertiary/aromatic N) is 1. The van der Waals surface area contributed by atoms with Crippen LogP contribution < -0.4 is 10.5 Å². The molecular weight excluding hydrogens is 356 g/mol. The van der Waals surface area contributed by atoms with Crippen molar-refractivity contribution in [3.63, 3.8) is 0 Å². The van der Waals surface area contributed by atoms with Crippen LogP contribution >= 0.6 is 0 Å². The molecule has 2 saturated carbocycles. The highest BCUT2D eigenvalue weighted by atomic mass is 16.5. The summed E-state index contributed by atoms with van der Waals surface area (Å²) in [5.74, 6) is 0.743. The fourth-order valence-electron chi connectivity index (χ4n) is 7.04. The molecule has 1 saturated heterocycles. The summed E-state index contributed by atoms with van der Waals surface area (Å²) in [6.07, 6.45) is 5.36. The topological polar surface area (TPSA) is 96.0 Å². The molecule has 150 valence electrons. The Morgan fingerprint density at radius 2 is 2.11 bits per heavy atom. The monoisotopic (exact) mass is 384 g/mol. The van der Waals surface area contributed by atoms with E-state index in [9.17, 15) is 15.0 Å². The lowest BCUT2D eigenvalue weighted by molar-refractivity contribution is -0.209. The molecule has 1 aromatic carbocycles. The van der Waals surface area contributed by atoms with Gasteiger partial charge in [0.25, 0.3) is 5.91 Å². The largest absolute Gasteiger partial charge is 0.486 e. The number of piperidine rings is 1. The zero-order valence-corrected chi connectivity index (χ0v) is 16.1. The van der Waals surface area contributed by atoms with Crippen molar-refractivity contribution in [2.75, 3.05) is 13.1 Å². The van der Waals surface area contributed by atoms with E-state index in [-0.39, 0.29) is 6.04 Å². The standard InChI is InChI=1S/C22H28N2O4/c23-20(26)14-5-4-13-10-16-22(27)7-6-15(25)19-21(22,17(13)18(14)28-19)8-9-24(16)11-12-2-1-3-12/h4-5,12,15-16,19,25,27H,1-3,6-11H2,(H2,23,26). The molecule has 1 amide bonds. The van der Waals surface area contributed by atoms with Gasteiger partial charge in [0.05, 0.1) is 22.7 Å². The summed E-state index contributed by atoms with van der Waals surface area (Å²) in [6, 6.07) is 3.79. The van der Waals surface area contributed by atoms with Crippen LogP contribution in [0, 0.1) is 5.92 Å². The van der Waals surface area contributed by atoms with Crippen molar-refractivity contribution in [1.29, 1.82) is 0 Å². The Kier molecular flexibility index (Phi) is 3.38. The van der Waals surface area contributed by atoms with Crippen molar-refractivity contribution in [3.8, 4) is 5.75 Å². The molecule has 4 N–H and O–H groups in total. The molecule has 3 fully saturated rings. The number of aliphatic hydroxyl groups is 2. The van der Waals surface area contributed by atoms with Gasteiger partial charge in [-0.1, -0.05) is 12.5 Å². The number of amides is 1. The van der Waals surface area contributed by atoms with Gasteiger partial charge in [-0.3, -0.25) is 9.69 Å². The average molecular weight is 384 g/mol. The Hall–Kier alpha value is -1.63. The molecule has 3 aliphatic carbocycles. The quantitative estimate of drug-likeness (QED) is 0.725. The second-order valence-corrected chi connectivity index (χ2v) is 9.64. The second-order valence-electron chi connectivity index (χ2n) is 9.64. The summed E-state index contributed by atoms with van der Waals surface area (Å²) < 4.78 is 6.27. The Morgan fingerprint density at radius 3 is 2.82 bits per heavy atom. The van der Waals surface area contributed by atoms with E-state index in [1.165, 1.54) is 19.3 Å². The van der Waals surface area contributed by atoms with Gasteiger partial charge in [0.15, 0.2) is 0 Å². The molecule has 5 aliphatic rings. The highest BCUT2D eigenvalue weighted by Gasteiger charge is 2.72. The normalized spacial score (nSPS) is 41.1. The minimum absolute atomic E-state index is 0.0401. The summed E-state index contributed by atoms with van der Waals surface area (Å²) >= 11 is 0. The van der Waals surface area contributed by atoms with Gasteiger partial charge in [0, 0.05) is 18.2 Å². The Labute approximate surface area is 164 Å². The maximum atomic E-state index is 12.2. The van der Waals surface area contributed by atoms with Crippen LogP contribution in [0.5, 0.6) is 5.75 Å². The molecule has 0 radical (unpaired) electrons. The number of ether oxygens (including phenoxy) is 1. The van der Waals surface area contributed by atoms with Gasteiger partial charge >= 0.3 is 0 Å². The molecular formula is C22H28N2O4. The van der Waals surface area contributed by atoms with Crippen molar-refractivity contribution in [3.05, 3.63) is 28.8 Å². The van der Waals surface area contributed by atoms with Crippen LogP contribution in [0.15, 0.2) is 12.1 Å². The molecule has 2 heterocycles.